The van der Waals surface area contributed by atoms with Gasteiger partial charge in [0, 0.05) is 13.3 Å². The summed E-state index contributed by atoms with van der Waals surface area (Å²) >= 11 is 0. The minimum Gasteiger partial charge on any atom is -0.330 e. The van der Waals surface area contributed by atoms with Gasteiger partial charge in [0.05, 0.1) is 16.5 Å². The second kappa shape index (κ2) is 4.37. The van der Waals surface area contributed by atoms with Gasteiger partial charge in [0.15, 0.2) is 9.84 Å². The minimum absolute atomic E-state index is 0.0646. The molecule has 1 aromatic heterocycles. The van der Waals surface area contributed by atoms with Crippen molar-refractivity contribution < 1.29 is 8.42 Å². The van der Waals surface area contributed by atoms with Crippen LogP contribution in [0.25, 0.3) is 11.0 Å². The van der Waals surface area contributed by atoms with Crippen LogP contribution in [0.5, 0.6) is 0 Å². The van der Waals surface area contributed by atoms with Crippen LogP contribution in [0.1, 0.15) is 18.8 Å². The third-order valence-corrected chi connectivity index (χ3v) is 4.26. The average molecular weight is 267 g/mol. The topological polar surface area (TPSA) is 64.0 Å². The van der Waals surface area contributed by atoms with Crippen LogP contribution < -0.4 is 5.32 Å². The SMILES string of the molecule is CNC(C)c1nc2c(S(C)(=O)=O)cccc2n1C. The number of hydrogen-bond donors (Lipinski definition) is 1. The number of sulfone groups is 1. The molecule has 5 nitrogen and oxygen atoms in total. The first kappa shape index (κ1) is 13.0. The number of aryl methyl sites for hydroxylation is 1. The molecule has 0 saturated heterocycles. The molecular weight excluding hydrogens is 250 g/mol. The van der Waals surface area contributed by atoms with Crippen LogP contribution in [0.2, 0.25) is 0 Å². The van der Waals surface area contributed by atoms with Gasteiger partial charge in [0.1, 0.15) is 11.3 Å². The van der Waals surface area contributed by atoms with Crippen molar-refractivity contribution in [1.82, 2.24) is 14.9 Å². The maximum Gasteiger partial charge on any atom is 0.177 e. The predicted octanol–water partition coefficient (Wildman–Crippen LogP) is 1.26. The van der Waals surface area contributed by atoms with E-state index in [-0.39, 0.29) is 10.9 Å². The van der Waals surface area contributed by atoms with Gasteiger partial charge in [-0.15, -0.1) is 0 Å². The van der Waals surface area contributed by atoms with Crippen molar-refractivity contribution >= 4 is 20.9 Å². The Morgan fingerprint density at radius 2 is 2.06 bits per heavy atom. The van der Waals surface area contributed by atoms with Gasteiger partial charge in [-0.3, -0.25) is 0 Å². The van der Waals surface area contributed by atoms with E-state index in [4.69, 9.17) is 0 Å². The van der Waals surface area contributed by atoms with Gasteiger partial charge in [0.2, 0.25) is 0 Å². The summed E-state index contributed by atoms with van der Waals surface area (Å²) in [6.07, 6.45) is 1.21. The molecule has 0 saturated carbocycles. The van der Waals surface area contributed by atoms with Crippen LogP contribution in [-0.4, -0.2) is 31.3 Å². The van der Waals surface area contributed by atoms with E-state index >= 15 is 0 Å². The first-order valence-corrected chi connectivity index (χ1v) is 7.58. The second-order valence-electron chi connectivity index (χ2n) is 4.44. The van der Waals surface area contributed by atoms with E-state index in [0.717, 1.165) is 11.3 Å². The fraction of sp³-hybridized carbons (Fsp3) is 0.417. The lowest BCUT2D eigenvalue weighted by Gasteiger charge is -2.09. The molecule has 18 heavy (non-hydrogen) atoms. The molecule has 0 aliphatic heterocycles. The molecule has 1 heterocycles. The number of nitrogens with one attached hydrogen (secondary N) is 1. The summed E-state index contributed by atoms with van der Waals surface area (Å²) < 4.78 is 25.4. The van der Waals surface area contributed by atoms with E-state index in [1.165, 1.54) is 6.26 Å². The van der Waals surface area contributed by atoms with Crippen LogP contribution in [0.4, 0.5) is 0 Å². The molecule has 1 aromatic carbocycles. The Morgan fingerprint density at radius 3 is 2.61 bits per heavy atom. The third-order valence-electron chi connectivity index (χ3n) is 3.13. The molecule has 1 unspecified atom stereocenters. The largest absolute Gasteiger partial charge is 0.330 e. The van der Waals surface area contributed by atoms with Crippen molar-refractivity contribution in [3.63, 3.8) is 0 Å². The van der Waals surface area contributed by atoms with E-state index in [1.807, 2.05) is 31.7 Å². The van der Waals surface area contributed by atoms with Crippen molar-refractivity contribution in [2.24, 2.45) is 7.05 Å². The van der Waals surface area contributed by atoms with Crippen LogP contribution in [0.3, 0.4) is 0 Å². The van der Waals surface area contributed by atoms with Crippen molar-refractivity contribution in [2.75, 3.05) is 13.3 Å². The molecule has 6 heteroatoms. The highest BCUT2D eigenvalue weighted by molar-refractivity contribution is 7.91. The van der Waals surface area contributed by atoms with Crippen molar-refractivity contribution in [3.8, 4) is 0 Å². The molecule has 0 aliphatic carbocycles. The summed E-state index contributed by atoms with van der Waals surface area (Å²) in [4.78, 5) is 4.75. The van der Waals surface area contributed by atoms with Gasteiger partial charge in [-0.25, -0.2) is 13.4 Å². The highest BCUT2D eigenvalue weighted by atomic mass is 32.2. The van der Waals surface area contributed by atoms with E-state index in [0.29, 0.717) is 5.52 Å². The van der Waals surface area contributed by atoms with E-state index < -0.39 is 9.84 Å². The van der Waals surface area contributed by atoms with Crippen LogP contribution in [0, 0.1) is 0 Å². The van der Waals surface area contributed by atoms with Gasteiger partial charge in [-0.1, -0.05) is 6.07 Å². The highest BCUT2D eigenvalue weighted by Crippen LogP contribution is 2.25. The zero-order valence-corrected chi connectivity index (χ0v) is 11.7. The lowest BCUT2D eigenvalue weighted by molar-refractivity contribution is 0.589. The standard InChI is InChI=1S/C12H17N3O2S/c1-8(13-2)12-14-11-9(15(12)3)6-5-7-10(11)18(4,16)17/h5-8,13H,1-4H3. The Balaban J connectivity index is 2.80. The molecule has 0 spiro atoms. The monoisotopic (exact) mass is 267 g/mol. The minimum atomic E-state index is -3.26. The van der Waals surface area contributed by atoms with Gasteiger partial charge < -0.3 is 9.88 Å². The Kier molecular flexibility index (Phi) is 3.16. The third kappa shape index (κ3) is 2.02. The molecule has 0 bridgehead atoms. The quantitative estimate of drug-likeness (QED) is 0.909. The van der Waals surface area contributed by atoms with Gasteiger partial charge in [-0.05, 0) is 26.1 Å². The van der Waals surface area contributed by atoms with Crippen molar-refractivity contribution in [1.29, 1.82) is 0 Å². The smallest absolute Gasteiger partial charge is 0.177 e. The Hall–Kier alpha value is -1.40. The van der Waals surface area contributed by atoms with Gasteiger partial charge >= 0.3 is 0 Å². The first-order valence-electron chi connectivity index (χ1n) is 5.69. The zero-order chi connectivity index (χ0) is 13.5. The number of imidazole rings is 1. The average Bonchev–Trinajstić information content (AvgIpc) is 2.65. The number of hydrogen-bond acceptors (Lipinski definition) is 4. The Labute approximate surface area is 107 Å². The number of rotatable bonds is 3. The van der Waals surface area contributed by atoms with Crippen LogP contribution in [0.15, 0.2) is 23.1 Å². The molecule has 1 atom stereocenters. The van der Waals surface area contributed by atoms with E-state index in [1.54, 1.807) is 12.1 Å². The lowest BCUT2D eigenvalue weighted by Crippen LogP contribution is -2.16. The normalized spacial score (nSPS) is 14.0. The number of fused-ring (bicyclic) bond motifs is 1. The number of nitrogens with zero attached hydrogens (tertiary/aromatic N) is 2. The molecule has 2 rings (SSSR count). The van der Waals surface area contributed by atoms with Crippen molar-refractivity contribution in [3.05, 3.63) is 24.0 Å². The van der Waals surface area contributed by atoms with Crippen LogP contribution in [-0.2, 0) is 16.9 Å². The summed E-state index contributed by atoms with van der Waals surface area (Å²) in [5.74, 6) is 0.823. The molecule has 2 aromatic rings. The molecular formula is C12H17N3O2S. The van der Waals surface area contributed by atoms with Gasteiger partial charge in [-0.2, -0.15) is 0 Å². The Bertz CT molecular complexity index is 689. The van der Waals surface area contributed by atoms with E-state index in [9.17, 15) is 8.42 Å². The molecule has 0 fully saturated rings. The summed E-state index contributed by atoms with van der Waals surface area (Å²) in [6.45, 7) is 1.99. The molecule has 0 aliphatic rings. The number of benzene rings is 1. The summed E-state index contributed by atoms with van der Waals surface area (Å²) in [5, 5.41) is 3.11. The molecule has 98 valence electrons. The van der Waals surface area contributed by atoms with E-state index in [2.05, 4.69) is 10.3 Å². The second-order valence-corrected chi connectivity index (χ2v) is 6.42. The molecule has 1 N–H and O–H groups in total. The fourth-order valence-electron chi connectivity index (χ4n) is 2.02. The van der Waals surface area contributed by atoms with Crippen molar-refractivity contribution in [2.45, 2.75) is 17.9 Å². The number of aromatic nitrogens is 2. The maximum atomic E-state index is 11.7. The van der Waals surface area contributed by atoms with Gasteiger partial charge in [0.25, 0.3) is 0 Å². The van der Waals surface area contributed by atoms with Crippen LogP contribution >= 0.6 is 0 Å². The summed E-state index contributed by atoms with van der Waals surface area (Å²) in [7, 11) is 0.481. The highest BCUT2D eigenvalue weighted by Gasteiger charge is 2.19. The maximum absolute atomic E-state index is 11.7. The summed E-state index contributed by atoms with van der Waals surface area (Å²) in [6, 6.07) is 5.28. The lowest BCUT2D eigenvalue weighted by atomic mass is 10.3. The molecule has 0 radical (unpaired) electrons. The Morgan fingerprint density at radius 1 is 1.39 bits per heavy atom. The summed E-state index contributed by atoms with van der Waals surface area (Å²) in [5.41, 5.74) is 1.37. The number of para-hydroxylation sites is 1. The molecule has 0 amide bonds. The predicted molar refractivity (Wildman–Crippen MR) is 71.3 cm³/mol. The zero-order valence-electron chi connectivity index (χ0n) is 10.9. The first-order chi connectivity index (χ1) is 8.36. The fourth-order valence-corrected chi connectivity index (χ4v) is 2.85.